The number of pyridine rings is 2. The molecule has 35 heavy (non-hydrogen) atoms. The number of nitrogens with one attached hydrogen (secondary N) is 1. The van der Waals surface area contributed by atoms with Crippen LogP contribution in [-0.4, -0.2) is 29.0 Å². The minimum atomic E-state index is -0.468. The molecule has 0 saturated heterocycles. The maximum Gasteiger partial charge on any atom is 0.338 e. The second-order valence-corrected chi connectivity index (χ2v) is 8.28. The zero-order valence-electron chi connectivity index (χ0n) is 19.7. The SMILES string of the molecule is COC(=O)c1c(C)cccc1-c1ccc(CNC(=O)CCCc2ccc3cccnc3n2)c(F)c1. The number of nitrogens with zero attached hydrogens (tertiary/aromatic N) is 2. The molecule has 0 spiro atoms. The van der Waals surface area contributed by atoms with Crippen LogP contribution in [0.1, 0.15) is 40.0 Å². The Morgan fingerprint density at radius 3 is 2.71 bits per heavy atom. The first-order chi connectivity index (χ1) is 17.0. The molecule has 0 saturated carbocycles. The lowest BCUT2D eigenvalue weighted by Gasteiger charge is -2.12. The number of amides is 1. The van der Waals surface area contributed by atoms with E-state index in [0.717, 1.165) is 16.6 Å². The summed E-state index contributed by atoms with van der Waals surface area (Å²) in [5.41, 5.74) is 4.28. The van der Waals surface area contributed by atoms with Crippen LogP contribution in [0.15, 0.2) is 66.9 Å². The third kappa shape index (κ3) is 5.69. The number of hydrogen-bond donors (Lipinski definition) is 1. The molecule has 0 unspecified atom stereocenters. The number of benzene rings is 2. The first-order valence-corrected chi connectivity index (χ1v) is 11.4. The molecule has 4 rings (SSSR count). The highest BCUT2D eigenvalue weighted by atomic mass is 19.1. The van der Waals surface area contributed by atoms with Gasteiger partial charge in [-0.3, -0.25) is 4.79 Å². The molecule has 2 heterocycles. The molecule has 2 aromatic carbocycles. The van der Waals surface area contributed by atoms with Gasteiger partial charge in [0.1, 0.15) is 5.82 Å². The molecule has 0 aliphatic rings. The molecular formula is C28H26FN3O3. The van der Waals surface area contributed by atoms with Gasteiger partial charge in [0.25, 0.3) is 0 Å². The number of ether oxygens (including phenoxy) is 1. The van der Waals surface area contributed by atoms with Crippen LogP contribution < -0.4 is 5.32 Å². The third-order valence-corrected chi connectivity index (χ3v) is 5.86. The summed E-state index contributed by atoms with van der Waals surface area (Å²) in [6.45, 7) is 1.89. The summed E-state index contributed by atoms with van der Waals surface area (Å²) in [7, 11) is 1.32. The van der Waals surface area contributed by atoms with E-state index in [2.05, 4.69) is 15.3 Å². The smallest absolute Gasteiger partial charge is 0.338 e. The maximum atomic E-state index is 14.8. The van der Waals surface area contributed by atoms with E-state index in [9.17, 15) is 14.0 Å². The van der Waals surface area contributed by atoms with Crippen molar-refractivity contribution >= 4 is 22.9 Å². The van der Waals surface area contributed by atoms with Gasteiger partial charge >= 0.3 is 5.97 Å². The molecule has 0 aliphatic carbocycles. The quantitative estimate of drug-likeness (QED) is 0.359. The average Bonchev–Trinajstić information content (AvgIpc) is 2.87. The predicted molar refractivity (Wildman–Crippen MR) is 132 cm³/mol. The topological polar surface area (TPSA) is 81.2 Å². The number of methoxy groups -OCH3 is 1. The number of fused-ring (bicyclic) bond motifs is 1. The lowest BCUT2D eigenvalue weighted by atomic mass is 9.95. The Balaban J connectivity index is 1.34. The molecule has 0 aliphatic heterocycles. The normalized spacial score (nSPS) is 10.8. The monoisotopic (exact) mass is 471 g/mol. The summed E-state index contributed by atoms with van der Waals surface area (Å²) in [6, 6.07) is 17.9. The molecule has 4 aromatic rings. The molecule has 2 aromatic heterocycles. The van der Waals surface area contributed by atoms with Crippen LogP contribution in [0.5, 0.6) is 0 Å². The van der Waals surface area contributed by atoms with Gasteiger partial charge in [0.15, 0.2) is 5.65 Å². The number of aryl methyl sites for hydroxylation is 2. The number of hydrogen-bond acceptors (Lipinski definition) is 5. The van der Waals surface area contributed by atoms with Crippen LogP contribution in [0.4, 0.5) is 4.39 Å². The van der Waals surface area contributed by atoms with Crippen molar-refractivity contribution in [1.82, 2.24) is 15.3 Å². The summed E-state index contributed by atoms with van der Waals surface area (Å²) >= 11 is 0. The average molecular weight is 472 g/mol. The van der Waals surface area contributed by atoms with Gasteiger partial charge in [-0.1, -0.05) is 30.3 Å². The fourth-order valence-corrected chi connectivity index (χ4v) is 3.98. The summed E-state index contributed by atoms with van der Waals surface area (Å²) < 4.78 is 19.7. The van der Waals surface area contributed by atoms with Gasteiger partial charge in [0.05, 0.1) is 12.7 Å². The Morgan fingerprint density at radius 2 is 1.91 bits per heavy atom. The van der Waals surface area contributed by atoms with Gasteiger partial charge in [-0.05, 0) is 66.8 Å². The summed E-state index contributed by atoms with van der Waals surface area (Å²) in [5, 5.41) is 3.75. The second kappa shape index (κ2) is 10.9. The van der Waals surface area contributed by atoms with E-state index in [1.54, 1.807) is 24.4 Å². The number of aromatic nitrogens is 2. The van der Waals surface area contributed by atoms with Gasteiger partial charge in [-0.25, -0.2) is 19.2 Å². The van der Waals surface area contributed by atoms with Gasteiger partial charge in [0, 0.05) is 35.8 Å². The number of rotatable bonds is 8. The van der Waals surface area contributed by atoms with Crippen molar-refractivity contribution < 1.29 is 18.7 Å². The molecule has 0 radical (unpaired) electrons. The maximum absolute atomic E-state index is 14.8. The number of carbonyl (C=O) groups excluding carboxylic acids is 2. The lowest BCUT2D eigenvalue weighted by molar-refractivity contribution is -0.121. The van der Waals surface area contributed by atoms with Crippen LogP contribution in [0, 0.1) is 12.7 Å². The first kappa shape index (κ1) is 24.0. The number of esters is 1. The Labute approximate surface area is 203 Å². The largest absolute Gasteiger partial charge is 0.465 e. The van der Waals surface area contributed by atoms with E-state index >= 15 is 0 Å². The van der Waals surface area contributed by atoms with Crippen molar-refractivity contribution in [3.8, 4) is 11.1 Å². The highest BCUT2D eigenvalue weighted by Gasteiger charge is 2.17. The molecule has 1 N–H and O–H groups in total. The number of carbonyl (C=O) groups is 2. The molecule has 1 amide bonds. The van der Waals surface area contributed by atoms with E-state index in [1.807, 2.05) is 43.3 Å². The van der Waals surface area contributed by atoms with Gasteiger partial charge in [-0.2, -0.15) is 0 Å². The second-order valence-electron chi connectivity index (χ2n) is 8.28. The van der Waals surface area contributed by atoms with Crippen molar-refractivity contribution in [3.63, 3.8) is 0 Å². The van der Waals surface area contributed by atoms with Crippen LogP contribution in [-0.2, 0) is 22.5 Å². The van der Waals surface area contributed by atoms with E-state index in [1.165, 1.54) is 13.2 Å². The van der Waals surface area contributed by atoms with Crippen molar-refractivity contribution in [2.45, 2.75) is 32.7 Å². The van der Waals surface area contributed by atoms with Crippen LogP contribution >= 0.6 is 0 Å². The fraction of sp³-hybridized carbons (Fsp3) is 0.214. The Hall–Kier alpha value is -4.13. The minimum Gasteiger partial charge on any atom is -0.465 e. The van der Waals surface area contributed by atoms with Crippen molar-refractivity contribution in [3.05, 3.63) is 95.1 Å². The van der Waals surface area contributed by atoms with Gasteiger partial charge in [-0.15, -0.1) is 0 Å². The molecule has 6 nitrogen and oxygen atoms in total. The molecule has 0 bridgehead atoms. The van der Waals surface area contributed by atoms with E-state index in [0.29, 0.717) is 47.2 Å². The zero-order chi connectivity index (χ0) is 24.8. The zero-order valence-corrected chi connectivity index (χ0v) is 19.7. The number of halogens is 1. The lowest BCUT2D eigenvalue weighted by Crippen LogP contribution is -2.23. The fourth-order valence-electron chi connectivity index (χ4n) is 3.98. The van der Waals surface area contributed by atoms with Crippen LogP contribution in [0.3, 0.4) is 0 Å². The molecular weight excluding hydrogens is 445 g/mol. The van der Waals surface area contributed by atoms with E-state index < -0.39 is 11.8 Å². The predicted octanol–water partition coefficient (Wildman–Crippen LogP) is 5.17. The van der Waals surface area contributed by atoms with Crippen molar-refractivity contribution in [2.24, 2.45) is 0 Å². The van der Waals surface area contributed by atoms with E-state index in [-0.39, 0.29) is 12.5 Å². The van der Waals surface area contributed by atoms with Crippen LogP contribution in [0.2, 0.25) is 0 Å². The molecule has 0 atom stereocenters. The summed E-state index contributed by atoms with van der Waals surface area (Å²) in [4.78, 5) is 33.3. The van der Waals surface area contributed by atoms with Gasteiger partial charge < -0.3 is 10.1 Å². The summed E-state index contributed by atoms with van der Waals surface area (Å²) in [5.74, 6) is -1.07. The van der Waals surface area contributed by atoms with Gasteiger partial charge in [0.2, 0.25) is 5.91 Å². The van der Waals surface area contributed by atoms with E-state index in [4.69, 9.17) is 4.74 Å². The Morgan fingerprint density at radius 1 is 1.06 bits per heavy atom. The van der Waals surface area contributed by atoms with Crippen molar-refractivity contribution in [2.75, 3.05) is 7.11 Å². The van der Waals surface area contributed by atoms with Crippen molar-refractivity contribution in [1.29, 1.82) is 0 Å². The standard InChI is InChI=1S/C28H26FN3O3/c1-18-6-3-9-23(26(18)28(34)35-2)20-11-12-21(24(29)16-20)17-31-25(33)10-4-8-22-14-13-19-7-5-15-30-27(19)32-22/h3,5-7,9,11-16H,4,8,10,17H2,1-2H3,(H,31,33). The molecule has 178 valence electrons. The minimum absolute atomic E-state index is 0.0841. The molecule has 0 fully saturated rings. The first-order valence-electron chi connectivity index (χ1n) is 11.4. The highest BCUT2D eigenvalue weighted by molar-refractivity contribution is 5.98. The Bertz CT molecular complexity index is 1390. The van der Waals surface area contributed by atoms with Crippen LogP contribution in [0.25, 0.3) is 22.2 Å². The Kier molecular flexibility index (Phi) is 7.45. The summed E-state index contributed by atoms with van der Waals surface area (Å²) in [6.07, 6.45) is 3.30. The highest BCUT2D eigenvalue weighted by Crippen LogP contribution is 2.28. The third-order valence-electron chi connectivity index (χ3n) is 5.86. The molecule has 7 heteroatoms.